The number of carbonyl (C=O) groups is 2. The van der Waals surface area contributed by atoms with Crippen LogP contribution in [0.15, 0.2) is 81.0 Å². The monoisotopic (exact) mass is 459 g/mol. The number of hydrogen-bond donors (Lipinski definition) is 1. The lowest BCUT2D eigenvalue weighted by Gasteiger charge is -2.10. The van der Waals surface area contributed by atoms with E-state index in [4.69, 9.17) is 18.4 Å². The molecule has 0 aliphatic rings. The van der Waals surface area contributed by atoms with E-state index in [0.29, 0.717) is 34.9 Å². The maximum Gasteiger partial charge on any atom is 0.379 e. The summed E-state index contributed by atoms with van der Waals surface area (Å²) in [5.74, 6) is -0.0561. The predicted molar refractivity (Wildman–Crippen MR) is 123 cm³/mol. The molecule has 0 aliphatic heterocycles. The molecule has 0 saturated carbocycles. The van der Waals surface area contributed by atoms with Gasteiger partial charge in [-0.25, -0.2) is 10.2 Å². The van der Waals surface area contributed by atoms with Gasteiger partial charge >= 0.3 is 5.97 Å². The Hall–Kier alpha value is -4.66. The lowest BCUT2D eigenvalue weighted by atomic mass is 10.1. The first-order valence-corrected chi connectivity index (χ1v) is 10.4. The number of aromatic nitrogens is 1. The van der Waals surface area contributed by atoms with Crippen LogP contribution >= 0.6 is 0 Å². The highest BCUT2D eigenvalue weighted by Crippen LogP contribution is 2.29. The molecule has 2 heterocycles. The van der Waals surface area contributed by atoms with Crippen molar-refractivity contribution in [2.24, 2.45) is 5.10 Å². The van der Waals surface area contributed by atoms with Gasteiger partial charge in [-0.3, -0.25) is 4.79 Å². The second-order valence-electron chi connectivity index (χ2n) is 7.03. The van der Waals surface area contributed by atoms with Gasteiger partial charge < -0.3 is 18.4 Å². The number of hydrogen-bond acceptors (Lipinski definition) is 8. The van der Waals surface area contributed by atoms with Crippen LogP contribution in [0.3, 0.4) is 0 Å². The zero-order valence-corrected chi connectivity index (χ0v) is 18.5. The van der Waals surface area contributed by atoms with Gasteiger partial charge in [-0.2, -0.15) is 5.10 Å². The number of esters is 1. The predicted octanol–water partition coefficient (Wildman–Crippen LogP) is 4.62. The van der Waals surface area contributed by atoms with Gasteiger partial charge in [0.2, 0.25) is 5.76 Å². The van der Waals surface area contributed by atoms with Crippen molar-refractivity contribution in [2.75, 3.05) is 6.61 Å². The van der Waals surface area contributed by atoms with E-state index in [1.165, 1.54) is 18.5 Å². The van der Waals surface area contributed by atoms with E-state index >= 15 is 0 Å². The maximum absolute atomic E-state index is 12.8. The van der Waals surface area contributed by atoms with Gasteiger partial charge in [0.15, 0.2) is 11.5 Å². The molecule has 4 aromatic rings. The fraction of sp³-hybridized carbons (Fsp3) is 0.120. The Labute approximate surface area is 195 Å². The van der Waals surface area contributed by atoms with Crippen LogP contribution in [0.5, 0.6) is 11.5 Å². The minimum absolute atomic E-state index is 0.0784. The highest BCUT2D eigenvalue weighted by molar-refractivity contribution is 6.01. The molecule has 0 atom stereocenters. The van der Waals surface area contributed by atoms with Crippen LogP contribution in [0.4, 0.5) is 0 Å². The number of hydrazone groups is 1. The van der Waals surface area contributed by atoms with Crippen molar-refractivity contribution in [3.8, 4) is 22.8 Å². The van der Waals surface area contributed by atoms with Crippen molar-refractivity contribution in [3.63, 3.8) is 0 Å². The summed E-state index contributed by atoms with van der Waals surface area (Å²) in [5.41, 5.74) is 4.61. The van der Waals surface area contributed by atoms with Crippen molar-refractivity contribution in [1.29, 1.82) is 0 Å². The highest BCUT2D eigenvalue weighted by atomic mass is 16.6. The summed E-state index contributed by atoms with van der Waals surface area (Å²) in [7, 11) is 0. The average Bonchev–Trinajstić information content (AvgIpc) is 3.51. The van der Waals surface area contributed by atoms with Gasteiger partial charge in [-0.1, -0.05) is 35.5 Å². The van der Waals surface area contributed by atoms with Crippen molar-refractivity contribution in [3.05, 3.63) is 89.6 Å². The van der Waals surface area contributed by atoms with E-state index in [0.717, 1.165) is 5.56 Å². The third-order valence-electron chi connectivity index (χ3n) is 4.71. The van der Waals surface area contributed by atoms with E-state index in [9.17, 15) is 9.59 Å². The number of nitrogens with zero attached hydrogens (tertiary/aromatic N) is 2. The molecule has 0 unspecified atom stereocenters. The Morgan fingerprint density at radius 3 is 2.65 bits per heavy atom. The molecule has 0 fully saturated rings. The van der Waals surface area contributed by atoms with Crippen LogP contribution < -0.4 is 14.9 Å². The molecular weight excluding hydrogens is 438 g/mol. The topological polar surface area (TPSA) is 116 Å². The molecule has 1 amide bonds. The quantitative estimate of drug-likeness (QED) is 0.177. The normalized spacial score (nSPS) is 10.9. The van der Waals surface area contributed by atoms with Gasteiger partial charge in [0, 0.05) is 5.56 Å². The van der Waals surface area contributed by atoms with Crippen LogP contribution in [0.25, 0.3) is 11.3 Å². The van der Waals surface area contributed by atoms with Gasteiger partial charge in [-0.05, 0) is 49.7 Å². The summed E-state index contributed by atoms with van der Waals surface area (Å²) in [6.45, 7) is 3.83. The number of benzene rings is 2. The molecule has 1 N–H and O–H groups in total. The van der Waals surface area contributed by atoms with Crippen LogP contribution in [-0.2, 0) is 0 Å². The van der Waals surface area contributed by atoms with E-state index < -0.39 is 11.9 Å². The Bertz CT molecular complexity index is 1310. The Morgan fingerprint density at radius 1 is 1.09 bits per heavy atom. The molecular formula is C25H21N3O6. The second-order valence-corrected chi connectivity index (χ2v) is 7.03. The number of nitrogens with one attached hydrogen (secondary N) is 1. The van der Waals surface area contributed by atoms with Gasteiger partial charge in [0.1, 0.15) is 17.0 Å². The van der Waals surface area contributed by atoms with Crippen LogP contribution in [0.2, 0.25) is 0 Å². The lowest BCUT2D eigenvalue weighted by Crippen LogP contribution is -2.18. The number of rotatable bonds is 8. The SMILES string of the molecule is CCOc1cc(/C=N/NC(=O)c2c(-c3ccccc3)noc2C)ccc1OC(=O)c1ccco1. The molecule has 9 nitrogen and oxygen atoms in total. The molecule has 2 aromatic heterocycles. The Balaban J connectivity index is 1.48. The van der Waals surface area contributed by atoms with Gasteiger partial charge in [0.25, 0.3) is 5.91 Å². The van der Waals surface area contributed by atoms with Crippen LogP contribution in [-0.4, -0.2) is 29.9 Å². The molecule has 0 bridgehead atoms. The zero-order chi connectivity index (χ0) is 23.9. The van der Waals surface area contributed by atoms with Crippen molar-refractivity contribution >= 4 is 18.1 Å². The minimum Gasteiger partial charge on any atom is -0.490 e. The van der Waals surface area contributed by atoms with E-state index in [1.807, 2.05) is 37.3 Å². The largest absolute Gasteiger partial charge is 0.490 e. The van der Waals surface area contributed by atoms with E-state index in [1.54, 1.807) is 31.2 Å². The smallest absolute Gasteiger partial charge is 0.379 e. The lowest BCUT2D eigenvalue weighted by molar-refractivity contribution is 0.0695. The first kappa shape index (κ1) is 22.5. The first-order chi connectivity index (χ1) is 16.6. The molecule has 0 saturated heterocycles. The summed E-state index contributed by atoms with van der Waals surface area (Å²) in [4.78, 5) is 24.9. The first-order valence-electron chi connectivity index (χ1n) is 10.4. The Morgan fingerprint density at radius 2 is 1.91 bits per heavy atom. The van der Waals surface area contributed by atoms with Crippen molar-refractivity contribution < 1.29 is 28.0 Å². The second kappa shape index (κ2) is 10.3. The van der Waals surface area contributed by atoms with E-state index in [2.05, 4.69) is 15.7 Å². The summed E-state index contributed by atoms with van der Waals surface area (Å²) in [6.07, 6.45) is 2.83. The molecule has 2 aromatic carbocycles. The molecule has 4 rings (SSSR count). The summed E-state index contributed by atoms with van der Waals surface area (Å²) in [6, 6.07) is 17.2. The molecule has 172 valence electrons. The van der Waals surface area contributed by atoms with Crippen molar-refractivity contribution in [2.45, 2.75) is 13.8 Å². The molecule has 0 aliphatic carbocycles. The van der Waals surface area contributed by atoms with Crippen molar-refractivity contribution in [1.82, 2.24) is 10.6 Å². The minimum atomic E-state index is -0.641. The molecule has 0 radical (unpaired) electrons. The van der Waals surface area contributed by atoms with Gasteiger partial charge in [-0.15, -0.1) is 0 Å². The fourth-order valence-corrected chi connectivity index (χ4v) is 3.16. The third kappa shape index (κ3) is 5.04. The number of amides is 1. The summed E-state index contributed by atoms with van der Waals surface area (Å²) >= 11 is 0. The van der Waals surface area contributed by atoms with Crippen LogP contribution in [0.1, 0.15) is 39.2 Å². The molecule has 34 heavy (non-hydrogen) atoms. The number of ether oxygens (including phenoxy) is 2. The number of furan rings is 1. The maximum atomic E-state index is 12.8. The number of aryl methyl sites for hydroxylation is 1. The Kier molecular flexibility index (Phi) is 6.83. The fourth-order valence-electron chi connectivity index (χ4n) is 3.16. The number of carbonyl (C=O) groups excluding carboxylic acids is 2. The van der Waals surface area contributed by atoms with E-state index in [-0.39, 0.29) is 11.5 Å². The average molecular weight is 459 g/mol. The highest BCUT2D eigenvalue weighted by Gasteiger charge is 2.21. The molecule has 0 spiro atoms. The summed E-state index contributed by atoms with van der Waals surface area (Å²) in [5, 5.41) is 8.04. The third-order valence-corrected chi connectivity index (χ3v) is 4.71. The van der Waals surface area contributed by atoms with Gasteiger partial charge in [0.05, 0.1) is 19.1 Å². The summed E-state index contributed by atoms with van der Waals surface area (Å²) < 4.78 is 21.2. The zero-order valence-electron chi connectivity index (χ0n) is 18.5. The van der Waals surface area contributed by atoms with Crippen LogP contribution in [0, 0.1) is 6.92 Å². The molecule has 9 heteroatoms. The standard InChI is InChI=1S/C25H21N3O6/c1-3-31-21-14-17(11-12-19(21)33-25(30)20-10-7-13-32-20)15-26-27-24(29)22-16(2)34-28-23(22)18-8-5-4-6-9-18/h4-15H,3H2,1-2H3,(H,27,29)/b26-15+.